The van der Waals surface area contributed by atoms with Gasteiger partial charge in [-0.15, -0.1) is 0 Å². The molecule has 0 unspecified atom stereocenters. The summed E-state index contributed by atoms with van der Waals surface area (Å²) >= 11 is 0. The van der Waals surface area contributed by atoms with Crippen molar-refractivity contribution >= 4 is 22.5 Å². The summed E-state index contributed by atoms with van der Waals surface area (Å²) in [5.74, 6) is -0.449. The summed E-state index contributed by atoms with van der Waals surface area (Å²) in [6.45, 7) is 0.315. The standard InChI is InChI=1S/C13H12F3N3O/c14-13(15,16)8-1-2-9-10(18-6-4-12(17)20)3-5-19-11(9)7-8/h1-3,5,7H,4,6H2,(H2,17,20)(H,18,19). The molecule has 0 saturated carbocycles. The van der Waals surface area contributed by atoms with Crippen LogP contribution in [0.2, 0.25) is 0 Å². The zero-order valence-electron chi connectivity index (χ0n) is 10.4. The molecule has 2 aromatic rings. The van der Waals surface area contributed by atoms with E-state index in [1.807, 2.05) is 0 Å². The molecular weight excluding hydrogens is 271 g/mol. The molecule has 0 aliphatic heterocycles. The number of amides is 1. The van der Waals surface area contributed by atoms with Crippen LogP contribution < -0.4 is 11.1 Å². The number of alkyl halides is 3. The molecule has 0 atom stereocenters. The van der Waals surface area contributed by atoms with Gasteiger partial charge in [-0.3, -0.25) is 9.78 Å². The minimum Gasteiger partial charge on any atom is -0.384 e. The molecular formula is C13H12F3N3O. The lowest BCUT2D eigenvalue weighted by molar-refractivity contribution is -0.137. The van der Waals surface area contributed by atoms with Crippen molar-refractivity contribution in [3.63, 3.8) is 0 Å². The van der Waals surface area contributed by atoms with Gasteiger partial charge in [-0.2, -0.15) is 13.2 Å². The van der Waals surface area contributed by atoms with Crippen LogP contribution in [0.25, 0.3) is 10.9 Å². The third kappa shape index (κ3) is 3.17. The highest BCUT2D eigenvalue weighted by molar-refractivity contribution is 5.91. The van der Waals surface area contributed by atoms with Gasteiger partial charge in [-0.05, 0) is 18.2 Å². The van der Waals surface area contributed by atoms with Crippen molar-refractivity contribution < 1.29 is 18.0 Å². The first-order chi connectivity index (χ1) is 9.38. The van der Waals surface area contributed by atoms with Crippen LogP contribution in [0.5, 0.6) is 0 Å². The average Bonchev–Trinajstić information content (AvgIpc) is 2.37. The number of hydrogen-bond donors (Lipinski definition) is 2. The Morgan fingerprint density at radius 2 is 2.05 bits per heavy atom. The third-order valence-corrected chi connectivity index (χ3v) is 2.76. The molecule has 4 nitrogen and oxygen atoms in total. The van der Waals surface area contributed by atoms with E-state index in [2.05, 4.69) is 10.3 Å². The van der Waals surface area contributed by atoms with Crippen molar-refractivity contribution in [2.24, 2.45) is 5.73 Å². The van der Waals surface area contributed by atoms with Gasteiger partial charge in [0, 0.05) is 30.2 Å². The zero-order valence-corrected chi connectivity index (χ0v) is 10.4. The van der Waals surface area contributed by atoms with Crippen molar-refractivity contribution in [1.29, 1.82) is 0 Å². The first kappa shape index (κ1) is 14.1. The lowest BCUT2D eigenvalue weighted by Gasteiger charge is -2.11. The van der Waals surface area contributed by atoms with Gasteiger partial charge in [-0.1, -0.05) is 6.07 Å². The van der Waals surface area contributed by atoms with E-state index in [0.29, 0.717) is 17.6 Å². The molecule has 1 aromatic carbocycles. The van der Waals surface area contributed by atoms with Gasteiger partial charge >= 0.3 is 6.18 Å². The minimum atomic E-state index is -4.40. The fraction of sp³-hybridized carbons (Fsp3) is 0.231. The van der Waals surface area contributed by atoms with E-state index in [0.717, 1.165) is 12.1 Å². The smallest absolute Gasteiger partial charge is 0.384 e. The van der Waals surface area contributed by atoms with Crippen LogP contribution in [-0.4, -0.2) is 17.4 Å². The Balaban J connectivity index is 2.31. The van der Waals surface area contributed by atoms with Crippen molar-refractivity contribution in [3.05, 3.63) is 36.0 Å². The maximum atomic E-state index is 12.6. The van der Waals surface area contributed by atoms with Gasteiger partial charge in [0.2, 0.25) is 5.91 Å². The normalized spacial score (nSPS) is 11.6. The Morgan fingerprint density at radius 1 is 1.30 bits per heavy atom. The summed E-state index contributed by atoms with van der Waals surface area (Å²) in [4.78, 5) is 14.6. The second-order valence-electron chi connectivity index (χ2n) is 4.23. The topological polar surface area (TPSA) is 68.0 Å². The Bertz CT molecular complexity index is 640. The van der Waals surface area contributed by atoms with Crippen LogP contribution in [0.4, 0.5) is 18.9 Å². The summed E-state index contributed by atoms with van der Waals surface area (Å²) in [6, 6.07) is 4.99. The third-order valence-electron chi connectivity index (χ3n) is 2.76. The molecule has 0 bridgehead atoms. The predicted octanol–water partition coefficient (Wildman–Crippen LogP) is 2.54. The Hall–Kier alpha value is -2.31. The highest BCUT2D eigenvalue weighted by atomic mass is 19.4. The first-order valence-corrected chi connectivity index (χ1v) is 5.86. The molecule has 3 N–H and O–H groups in total. The number of primary amides is 1. The number of carbonyl (C=O) groups is 1. The quantitative estimate of drug-likeness (QED) is 0.906. The number of fused-ring (bicyclic) bond motifs is 1. The maximum Gasteiger partial charge on any atom is 0.416 e. The molecule has 20 heavy (non-hydrogen) atoms. The zero-order chi connectivity index (χ0) is 14.8. The molecule has 0 fully saturated rings. The molecule has 2 rings (SSSR count). The number of nitrogens with one attached hydrogen (secondary N) is 1. The molecule has 0 saturated heterocycles. The average molecular weight is 283 g/mol. The number of anilines is 1. The maximum absolute atomic E-state index is 12.6. The van der Waals surface area contributed by atoms with E-state index >= 15 is 0 Å². The van der Waals surface area contributed by atoms with Gasteiger partial charge in [-0.25, -0.2) is 0 Å². The highest BCUT2D eigenvalue weighted by Crippen LogP contribution is 2.32. The number of rotatable bonds is 4. The fourth-order valence-corrected chi connectivity index (χ4v) is 1.80. The van der Waals surface area contributed by atoms with E-state index in [1.165, 1.54) is 12.3 Å². The number of benzene rings is 1. The van der Waals surface area contributed by atoms with Crippen molar-refractivity contribution in [2.45, 2.75) is 12.6 Å². The van der Waals surface area contributed by atoms with E-state index < -0.39 is 17.6 Å². The molecule has 106 valence electrons. The summed E-state index contributed by atoms with van der Waals surface area (Å²) in [7, 11) is 0. The summed E-state index contributed by atoms with van der Waals surface area (Å²) in [5.41, 5.74) is 5.13. The van der Waals surface area contributed by atoms with Gasteiger partial charge in [0.05, 0.1) is 11.1 Å². The predicted molar refractivity (Wildman–Crippen MR) is 69.0 cm³/mol. The first-order valence-electron chi connectivity index (χ1n) is 5.86. The summed E-state index contributed by atoms with van der Waals surface area (Å²) < 4.78 is 37.8. The molecule has 0 aliphatic carbocycles. The number of aromatic nitrogens is 1. The SMILES string of the molecule is NC(=O)CCNc1ccnc2cc(C(F)(F)F)ccc12. The molecule has 0 spiro atoms. The van der Waals surface area contributed by atoms with Crippen LogP contribution in [-0.2, 0) is 11.0 Å². The molecule has 1 heterocycles. The fourth-order valence-electron chi connectivity index (χ4n) is 1.80. The Labute approximate surface area is 112 Å². The lowest BCUT2D eigenvalue weighted by atomic mass is 10.1. The lowest BCUT2D eigenvalue weighted by Crippen LogP contribution is -2.16. The van der Waals surface area contributed by atoms with E-state index in [1.54, 1.807) is 6.07 Å². The molecule has 7 heteroatoms. The highest BCUT2D eigenvalue weighted by Gasteiger charge is 2.30. The second kappa shape index (κ2) is 5.36. The summed E-state index contributed by atoms with van der Waals surface area (Å²) in [6.07, 6.45) is -2.84. The van der Waals surface area contributed by atoms with E-state index in [4.69, 9.17) is 5.73 Å². The monoisotopic (exact) mass is 283 g/mol. The number of halogens is 3. The van der Waals surface area contributed by atoms with Crippen LogP contribution in [0, 0.1) is 0 Å². The van der Waals surface area contributed by atoms with E-state index in [9.17, 15) is 18.0 Å². The van der Waals surface area contributed by atoms with E-state index in [-0.39, 0.29) is 11.9 Å². The number of nitrogens with zero attached hydrogens (tertiary/aromatic N) is 1. The van der Waals surface area contributed by atoms with Gasteiger partial charge in [0.15, 0.2) is 0 Å². The van der Waals surface area contributed by atoms with Crippen LogP contribution >= 0.6 is 0 Å². The Kier molecular flexibility index (Phi) is 3.78. The molecule has 0 radical (unpaired) electrons. The number of nitrogens with two attached hydrogens (primary N) is 1. The minimum absolute atomic E-state index is 0.143. The number of pyridine rings is 1. The van der Waals surface area contributed by atoms with Crippen molar-refractivity contribution in [1.82, 2.24) is 4.98 Å². The van der Waals surface area contributed by atoms with Crippen molar-refractivity contribution in [3.8, 4) is 0 Å². The van der Waals surface area contributed by atoms with Gasteiger partial charge < -0.3 is 11.1 Å². The van der Waals surface area contributed by atoms with Crippen LogP contribution in [0.3, 0.4) is 0 Å². The summed E-state index contributed by atoms with van der Waals surface area (Å²) in [5, 5.41) is 3.52. The largest absolute Gasteiger partial charge is 0.416 e. The van der Waals surface area contributed by atoms with Crippen molar-refractivity contribution in [2.75, 3.05) is 11.9 Å². The number of hydrogen-bond acceptors (Lipinski definition) is 3. The van der Waals surface area contributed by atoms with Crippen LogP contribution in [0.1, 0.15) is 12.0 Å². The molecule has 1 aromatic heterocycles. The molecule has 1 amide bonds. The van der Waals surface area contributed by atoms with Gasteiger partial charge in [0.1, 0.15) is 0 Å². The number of carbonyl (C=O) groups excluding carboxylic acids is 1. The van der Waals surface area contributed by atoms with Gasteiger partial charge in [0.25, 0.3) is 0 Å². The Morgan fingerprint density at radius 3 is 2.70 bits per heavy atom. The van der Waals surface area contributed by atoms with Crippen LogP contribution in [0.15, 0.2) is 30.5 Å². The second-order valence-corrected chi connectivity index (χ2v) is 4.23. The molecule has 0 aliphatic rings.